The molecule has 2 rings (SSSR count). The molecule has 0 unspecified atom stereocenters. The van der Waals surface area contributed by atoms with Crippen LogP contribution in [0.3, 0.4) is 0 Å². The highest BCUT2D eigenvalue weighted by molar-refractivity contribution is 5.79. The molecule has 1 nitrogen and oxygen atoms in total. The summed E-state index contributed by atoms with van der Waals surface area (Å²) < 4.78 is 13.3. The quantitative estimate of drug-likeness (QED) is 0.653. The number of rotatable bonds is 2. The van der Waals surface area contributed by atoms with Crippen molar-refractivity contribution in [1.29, 1.82) is 0 Å². The molecule has 0 atom stereocenters. The van der Waals surface area contributed by atoms with E-state index in [-0.39, 0.29) is 5.83 Å². The van der Waals surface area contributed by atoms with Crippen molar-refractivity contribution in [2.24, 2.45) is 0 Å². The average molecular weight is 190 g/mol. The number of carbonyl (C=O) groups excluding carboxylic acids is 1. The highest BCUT2D eigenvalue weighted by Crippen LogP contribution is 2.34. The van der Waals surface area contributed by atoms with Crippen molar-refractivity contribution < 1.29 is 9.18 Å². The first-order chi connectivity index (χ1) is 6.81. The lowest BCUT2D eigenvalue weighted by atomic mass is 10.0. The Balaban J connectivity index is 2.41. The second-order valence-corrected chi connectivity index (χ2v) is 3.48. The van der Waals surface area contributed by atoms with Gasteiger partial charge in [0.05, 0.1) is 0 Å². The minimum Gasteiger partial charge on any atom is -0.298 e. The van der Waals surface area contributed by atoms with Crippen LogP contribution in [0.2, 0.25) is 0 Å². The summed E-state index contributed by atoms with van der Waals surface area (Å²) >= 11 is 0. The van der Waals surface area contributed by atoms with E-state index in [0.29, 0.717) is 12.0 Å². The first kappa shape index (κ1) is 9.13. The van der Waals surface area contributed by atoms with E-state index in [1.807, 2.05) is 6.07 Å². The van der Waals surface area contributed by atoms with E-state index in [0.717, 1.165) is 30.3 Å². The largest absolute Gasteiger partial charge is 0.298 e. The van der Waals surface area contributed by atoms with Gasteiger partial charge in [-0.05, 0) is 36.5 Å². The fourth-order valence-corrected chi connectivity index (χ4v) is 1.81. The Hall–Kier alpha value is -1.44. The van der Waals surface area contributed by atoms with Crippen LogP contribution < -0.4 is 0 Å². The van der Waals surface area contributed by atoms with Gasteiger partial charge in [-0.1, -0.05) is 18.2 Å². The van der Waals surface area contributed by atoms with E-state index < -0.39 is 0 Å². The first-order valence-corrected chi connectivity index (χ1v) is 4.74. The summed E-state index contributed by atoms with van der Waals surface area (Å²) in [5.74, 6) is -0.0203. The molecule has 0 aliphatic heterocycles. The van der Waals surface area contributed by atoms with Crippen molar-refractivity contribution in [3.63, 3.8) is 0 Å². The molecule has 0 saturated carbocycles. The predicted molar refractivity (Wildman–Crippen MR) is 53.7 cm³/mol. The van der Waals surface area contributed by atoms with Crippen LogP contribution in [0, 0.1) is 0 Å². The maximum absolute atomic E-state index is 13.3. The van der Waals surface area contributed by atoms with Gasteiger partial charge in [0.2, 0.25) is 0 Å². The number of allylic oxidation sites excluding steroid dienone is 2. The van der Waals surface area contributed by atoms with E-state index in [4.69, 9.17) is 0 Å². The van der Waals surface area contributed by atoms with Crippen molar-refractivity contribution in [2.75, 3.05) is 0 Å². The molecule has 0 heterocycles. The highest BCUT2D eigenvalue weighted by Gasteiger charge is 2.15. The summed E-state index contributed by atoms with van der Waals surface area (Å²) in [4.78, 5) is 10.5. The van der Waals surface area contributed by atoms with Gasteiger partial charge in [-0.25, -0.2) is 4.39 Å². The minimum atomic E-state index is -0.0203. The minimum absolute atomic E-state index is 0.0203. The van der Waals surface area contributed by atoms with E-state index in [1.54, 1.807) is 18.2 Å². The monoisotopic (exact) mass is 190 g/mol. The van der Waals surface area contributed by atoms with Gasteiger partial charge in [-0.2, -0.15) is 0 Å². The van der Waals surface area contributed by atoms with Gasteiger partial charge in [-0.15, -0.1) is 0 Å². The standard InChI is InChI=1S/C12H11FO/c13-12-6-2-5-11(12)10-4-1-3-9(7-10)8-14/h1,3-4,7-8H,2,5-6H2. The smallest absolute Gasteiger partial charge is 0.150 e. The van der Waals surface area contributed by atoms with Gasteiger partial charge >= 0.3 is 0 Å². The van der Waals surface area contributed by atoms with Gasteiger partial charge in [0, 0.05) is 5.56 Å². The fraction of sp³-hybridized carbons (Fsp3) is 0.250. The zero-order valence-electron chi connectivity index (χ0n) is 7.79. The maximum Gasteiger partial charge on any atom is 0.150 e. The van der Waals surface area contributed by atoms with Crippen molar-refractivity contribution in [3.05, 3.63) is 41.2 Å². The number of halogens is 1. The Labute approximate surface area is 82.3 Å². The third-order valence-corrected chi connectivity index (χ3v) is 2.52. The van der Waals surface area contributed by atoms with Crippen molar-refractivity contribution in [1.82, 2.24) is 0 Å². The van der Waals surface area contributed by atoms with Crippen LogP contribution in [0.25, 0.3) is 5.57 Å². The van der Waals surface area contributed by atoms with Crippen molar-refractivity contribution >= 4 is 11.9 Å². The summed E-state index contributed by atoms with van der Waals surface area (Å²) in [6.07, 6.45) is 3.00. The number of benzene rings is 1. The Kier molecular flexibility index (Phi) is 2.44. The van der Waals surface area contributed by atoms with Crippen LogP contribution in [0.15, 0.2) is 30.1 Å². The lowest BCUT2D eigenvalue weighted by molar-refractivity contribution is 0.112. The number of carbonyl (C=O) groups is 1. The Morgan fingerprint density at radius 3 is 2.79 bits per heavy atom. The molecule has 0 saturated heterocycles. The van der Waals surface area contributed by atoms with Crippen LogP contribution in [-0.2, 0) is 0 Å². The maximum atomic E-state index is 13.3. The molecule has 14 heavy (non-hydrogen) atoms. The summed E-state index contributed by atoms with van der Waals surface area (Å²) in [6, 6.07) is 7.11. The zero-order valence-corrected chi connectivity index (χ0v) is 7.79. The summed E-state index contributed by atoms with van der Waals surface area (Å²) in [5.41, 5.74) is 2.23. The lowest BCUT2D eigenvalue weighted by Gasteiger charge is -2.02. The fourth-order valence-electron chi connectivity index (χ4n) is 1.81. The second kappa shape index (κ2) is 3.74. The number of hydrogen-bond donors (Lipinski definition) is 0. The zero-order chi connectivity index (χ0) is 9.97. The molecule has 72 valence electrons. The van der Waals surface area contributed by atoms with Gasteiger partial charge in [0.1, 0.15) is 12.1 Å². The van der Waals surface area contributed by atoms with Crippen molar-refractivity contribution in [3.8, 4) is 0 Å². The Bertz CT molecular complexity index is 393. The first-order valence-electron chi connectivity index (χ1n) is 4.74. The molecule has 1 aromatic rings. The third kappa shape index (κ3) is 1.60. The van der Waals surface area contributed by atoms with E-state index in [9.17, 15) is 9.18 Å². The summed E-state index contributed by atoms with van der Waals surface area (Å²) in [5, 5.41) is 0. The molecular weight excluding hydrogens is 179 g/mol. The van der Waals surface area contributed by atoms with Crippen molar-refractivity contribution in [2.45, 2.75) is 19.3 Å². The molecule has 0 bridgehead atoms. The van der Waals surface area contributed by atoms with Crippen LogP contribution in [-0.4, -0.2) is 6.29 Å². The van der Waals surface area contributed by atoms with E-state index >= 15 is 0 Å². The number of hydrogen-bond acceptors (Lipinski definition) is 1. The molecule has 0 radical (unpaired) electrons. The molecule has 0 aromatic heterocycles. The molecule has 0 N–H and O–H groups in total. The van der Waals surface area contributed by atoms with Crippen LogP contribution >= 0.6 is 0 Å². The predicted octanol–water partition coefficient (Wildman–Crippen LogP) is 3.36. The van der Waals surface area contributed by atoms with Gasteiger partial charge in [0.25, 0.3) is 0 Å². The molecule has 1 aliphatic carbocycles. The highest BCUT2D eigenvalue weighted by atomic mass is 19.1. The molecule has 0 fully saturated rings. The normalized spacial score (nSPS) is 16.1. The summed E-state index contributed by atoms with van der Waals surface area (Å²) in [6.45, 7) is 0. The molecule has 1 aromatic carbocycles. The second-order valence-electron chi connectivity index (χ2n) is 3.48. The van der Waals surface area contributed by atoms with Crippen LogP contribution in [0.1, 0.15) is 35.2 Å². The molecule has 2 heteroatoms. The van der Waals surface area contributed by atoms with E-state index in [1.165, 1.54) is 0 Å². The van der Waals surface area contributed by atoms with Crippen LogP contribution in [0.4, 0.5) is 4.39 Å². The average Bonchev–Trinajstić information content (AvgIpc) is 2.65. The number of aldehydes is 1. The van der Waals surface area contributed by atoms with Gasteiger partial charge < -0.3 is 0 Å². The topological polar surface area (TPSA) is 17.1 Å². The summed E-state index contributed by atoms with van der Waals surface area (Å²) in [7, 11) is 0. The molecular formula is C12H11FO. The molecule has 0 amide bonds. The molecule has 1 aliphatic rings. The lowest BCUT2D eigenvalue weighted by Crippen LogP contribution is -1.85. The Morgan fingerprint density at radius 1 is 1.29 bits per heavy atom. The molecule has 0 spiro atoms. The van der Waals surface area contributed by atoms with E-state index in [2.05, 4.69) is 0 Å². The SMILES string of the molecule is O=Cc1cccc(C2=C(F)CCC2)c1. The van der Waals surface area contributed by atoms with Gasteiger partial charge in [0.15, 0.2) is 0 Å². The van der Waals surface area contributed by atoms with Gasteiger partial charge in [-0.3, -0.25) is 4.79 Å². The third-order valence-electron chi connectivity index (χ3n) is 2.52. The Morgan fingerprint density at radius 2 is 2.14 bits per heavy atom. The van der Waals surface area contributed by atoms with Crippen LogP contribution in [0.5, 0.6) is 0 Å².